The van der Waals surface area contributed by atoms with Crippen molar-refractivity contribution in [1.29, 1.82) is 0 Å². The maximum absolute atomic E-state index is 12.4. The molecule has 1 aliphatic rings. The summed E-state index contributed by atoms with van der Waals surface area (Å²) in [5, 5.41) is 2.99. The van der Waals surface area contributed by atoms with Gasteiger partial charge in [0, 0.05) is 38.2 Å². The zero-order valence-corrected chi connectivity index (χ0v) is 16.7. The van der Waals surface area contributed by atoms with Gasteiger partial charge in [0.2, 0.25) is 5.91 Å². The molecule has 0 atom stereocenters. The molecule has 29 heavy (non-hydrogen) atoms. The van der Waals surface area contributed by atoms with Gasteiger partial charge in [-0.15, -0.1) is 0 Å². The number of hydrogen-bond acceptors (Lipinski definition) is 3. The van der Waals surface area contributed by atoms with Gasteiger partial charge in [-0.3, -0.25) is 9.59 Å². The third kappa shape index (κ3) is 4.31. The van der Waals surface area contributed by atoms with Gasteiger partial charge in [-0.25, -0.2) is 4.98 Å². The van der Waals surface area contributed by atoms with Crippen LogP contribution in [0.25, 0.3) is 11.0 Å². The Bertz CT molecular complexity index is 1020. The third-order valence-electron chi connectivity index (χ3n) is 5.45. The number of benzene rings is 2. The lowest BCUT2D eigenvalue weighted by atomic mass is 10.1. The Morgan fingerprint density at radius 1 is 1.14 bits per heavy atom. The normalized spacial score (nSPS) is 14.0. The fourth-order valence-corrected chi connectivity index (χ4v) is 3.87. The summed E-state index contributed by atoms with van der Waals surface area (Å²) < 4.78 is 2.19. The molecule has 1 aromatic heterocycles. The van der Waals surface area contributed by atoms with E-state index in [9.17, 15) is 9.59 Å². The van der Waals surface area contributed by atoms with E-state index in [0.717, 1.165) is 48.4 Å². The largest absolute Gasteiger partial charge is 0.352 e. The van der Waals surface area contributed by atoms with Crippen molar-refractivity contribution in [1.82, 2.24) is 19.8 Å². The Morgan fingerprint density at radius 3 is 2.69 bits per heavy atom. The molecule has 0 saturated carbocycles. The average Bonchev–Trinajstić information content (AvgIpc) is 3.28. The molecule has 1 aliphatic heterocycles. The number of nitrogens with zero attached hydrogens (tertiary/aromatic N) is 3. The van der Waals surface area contributed by atoms with E-state index in [4.69, 9.17) is 0 Å². The Morgan fingerprint density at radius 2 is 1.93 bits per heavy atom. The van der Waals surface area contributed by atoms with Crippen molar-refractivity contribution in [2.45, 2.75) is 39.3 Å². The Hall–Kier alpha value is -3.15. The Labute approximate surface area is 170 Å². The second-order valence-electron chi connectivity index (χ2n) is 7.52. The number of rotatable bonds is 7. The van der Waals surface area contributed by atoms with Crippen LogP contribution < -0.4 is 5.32 Å². The maximum Gasteiger partial charge on any atom is 0.251 e. The van der Waals surface area contributed by atoms with Crippen molar-refractivity contribution in [3.05, 3.63) is 65.5 Å². The monoisotopic (exact) mass is 390 g/mol. The summed E-state index contributed by atoms with van der Waals surface area (Å²) in [5.74, 6) is 1.14. The smallest absolute Gasteiger partial charge is 0.251 e. The van der Waals surface area contributed by atoms with Crippen LogP contribution >= 0.6 is 0 Å². The average molecular weight is 390 g/mol. The van der Waals surface area contributed by atoms with Crippen LogP contribution in [-0.4, -0.2) is 39.4 Å². The number of imidazole rings is 1. The summed E-state index contributed by atoms with van der Waals surface area (Å²) in [6.45, 7) is 4.88. The SMILES string of the molecule is Cc1nc2ccccc2n1CCCNC(=O)c1ccc(CN2CCCC2=O)cc1. The molecule has 4 rings (SSSR count). The number of nitrogens with one attached hydrogen (secondary N) is 1. The number of carbonyl (C=O) groups is 2. The predicted molar refractivity (Wildman–Crippen MR) is 113 cm³/mol. The number of carbonyl (C=O) groups excluding carboxylic acids is 2. The lowest BCUT2D eigenvalue weighted by Crippen LogP contribution is -2.26. The molecule has 1 saturated heterocycles. The van der Waals surface area contributed by atoms with E-state index in [1.165, 1.54) is 0 Å². The summed E-state index contributed by atoms with van der Waals surface area (Å²) in [4.78, 5) is 30.6. The van der Waals surface area contributed by atoms with Crippen LogP contribution in [0.15, 0.2) is 48.5 Å². The van der Waals surface area contributed by atoms with Crippen molar-refractivity contribution in [2.24, 2.45) is 0 Å². The molecule has 1 fully saturated rings. The maximum atomic E-state index is 12.4. The third-order valence-corrected chi connectivity index (χ3v) is 5.45. The van der Waals surface area contributed by atoms with Gasteiger partial charge in [0.1, 0.15) is 5.82 Å². The van der Waals surface area contributed by atoms with E-state index in [0.29, 0.717) is 25.1 Å². The molecule has 0 unspecified atom stereocenters. The fraction of sp³-hybridized carbons (Fsp3) is 0.348. The number of likely N-dealkylation sites (tertiary alicyclic amines) is 1. The predicted octanol–water partition coefficient (Wildman–Crippen LogP) is 3.29. The highest BCUT2D eigenvalue weighted by molar-refractivity contribution is 5.94. The van der Waals surface area contributed by atoms with E-state index in [2.05, 4.69) is 20.9 Å². The summed E-state index contributed by atoms with van der Waals surface area (Å²) in [6, 6.07) is 15.6. The van der Waals surface area contributed by atoms with E-state index in [-0.39, 0.29) is 11.8 Å². The van der Waals surface area contributed by atoms with Gasteiger partial charge in [-0.05, 0) is 49.6 Å². The number of amides is 2. The molecular formula is C23H26N4O2. The van der Waals surface area contributed by atoms with Crippen LogP contribution in [0, 0.1) is 6.92 Å². The fourth-order valence-electron chi connectivity index (χ4n) is 3.87. The molecular weight excluding hydrogens is 364 g/mol. The first kappa shape index (κ1) is 19.2. The molecule has 1 N–H and O–H groups in total. The minimum Gasteiger partial charge on any atom is -0.352 e. The second-order valence-corrected chi connectivity index (χ2v) is 7.52. The number of fused-ring (bicyclic) bond motifs is 1. The number of para-hydroxylation sites is 2. The molecule has 2 heterocycles. The van der Waals surface area contributed by atoms with Gasteiger partial charge in [0.05, 0.1) is 11.0 Å². The van der Waals surface area contributed by atoms with Crippen LogP contribution in [-0.2, 0) is 17.9 Å². The zero-order chi connectivity index (χ0) is 20.2. The van der Waals surface area contributed by atoms with Crippen molar-refractivity contribution in [3.63, 3.8) is 0 Å². The molecule has 0 radical (unpaired) electrons. The highest BCUT2D eigenvalue weighted by Gasteiger charge is 2.20. The van der Waals surface area contributed by atoms with Crippen molar-refractivity contribution >= 4 is 22.8 Å². The summed E-state index contributed by atoms with van der Waals surface area (Å²) in [6.07, 6.45) is 2.42. The lowest BCUT2D eigenvalue weighted by molar-refractivity contribution is -0.128. The minimum atomic E-state index is -0.0685. The standard InChI is InChI=1S/C23H26N4O2/c1-17-25-20-6-2-3-7-21(20)27(17)15-5-13-24-23(29)19-11-9-18(10-12-19)16-26-14-4-8-22(26)28/h2-3,6-7,9-12H,4-5,8,13-16H2,1H3,(H,24,29). The molecule has 6 nitrogen and oxygen atoms in total. The van der Waals surface area contributed by atoms with E-state index in [1.807, 2.05) is 54.3 Å². The Balaban J connectivity index is 1.27. The van der Waals surface area contributed by atoms with Crippen molar-refractivity contribution in [2.75, 3.05) is 13.1 Å². The first-order valence-corrected chi connectivity index (χ1v) is 10.2. The van der Waals surface area contributed by atoms with E-state index >= 15 is 0 Å². The molecule has 6 heteroatoms. The van der Waals surface area contributed by atoms with Gasteiger partial charge in [0.25, 0.3) is 5.91 Å². The van der Waals surface area contributed by atoms with Crippen molar-refractivity contribution < 1.29 is 9.59 Å². The van der Waals surface area contributed by atoms with Gasteiger partial charge < -0.3 is 14.8 Å². The first-order chi connectivity index (χ1) is 14.1. The quantitative estimate of drug-likeness (QED) is 0.630. The minimum absolute atomic E-state index is 0.0685. The van der Waals surface area contributed by atoms with Crippen molar-refractivity contribution in [3.8, 4) is 0 Å². The topological polar surface area (TPSA) is 67.2 Å². The molecule has 3 aromatic rings. The van der Waals surface area contributed by atoms with Crippen LogP contribution in [0.2, 0.25) is 0 Å². The Kier molecular flexibility index (Phi) is 5.60. The first-order valence-electron chi connectivity index (χ1n) is 10.2. The zero-order valence-electron chi connectivity index (χ0n) is 16.7. The highest BCUT2D eigenvalue weighted by atomic mass is 16.2. The number of aromatic nitrogens is 2. The van der Waals surface area contributed by atoms with E-state index < -0.39 is 0 Å². The molecule has 0 aliphatic carbocycles. The summed E-state index contributed by atoms with van der Waals surface area (Å²) >= 11 is 0. The second kappa shape index (κ2) is 8.47. The molecule has 0 bridgehead atoms. The van der Waals surface area contributed by atoms with Crippen LogP contribution in [0.1, 0.15) is 41.0 Å². The summed E-state index contributed by atoms with van der Waals surface area (Å²) in [5.41, 5.74) is 3.83. The highest BCUT2D eigenvalue weighted by Crippen LogP contribution is 2.16. The number of aryl methyl sites for hydroxylation is 2. The van der Waals surface area contributed by atoms with Gasteiger partial charge >= 0.3 is 0 Å². The van der Waals surface area contributed by atoms with Crippen LogP contribution in [0.4, 0.5) is 0 Å². The lowest BCUT2D eigenvalue weighted by Gasteiger charge is -2.15. The molecule has 0 spiro atoms. The van der Waals surface area contributed by atoms with Gasteiger partial charge in [-0.2, -0.15) is 0 Å². The van der Waals surface area contributed by atoms with Crippen LogP contribution in [0.5, 0.6) is 0 Å². The summed E-state index contributed by atoms with van der Waals surface area (Å²) in [7, 11) is 0. The molecule has 2 amide bonds. The van der Waals surface area contributed by atoms with E-state index in [1.54, 1.807) is 0 Å². The van der Waals surface area contributed by atoms with Gasteiger partial charge in [-0.1, -0.05) is 24.3 Å². The molecule has 2 aromatic carbocycles. The van der Waals surface area contributed by atoms with Crippen LogP contribution in [0.3, 0.4) is 0 Å². The molecule has 150 valence electrons. The van der Waals surface area contributed by atoms with Gasteiger partial charge in [0.15, 0.2) is 0 Å². The number of hydrogen-bond donors (Lipinski definition) is 1.